The Morgan fingerprint density at radius 3 is 2.48 bits per heavy atom. The molecule has 2 aromatic rings. The molecule has 0 N–H and O–H groups in total. The second kappa shape index (κ2) is 7.72. The van der Waals surface area contributed by atoms with Gasteiger partial charge in [-0.3, -0.25) is 4.84 Å². The molecule has 2 heterocycles. The number of rotatable bonds is 1. The van der Waals surface area contributed by atoms with Crippen LogP contribution in [0.4, 0.5) is 12.6 Å². The summed E-state index contributed by atoms with van der Waals surface area (Å²) in [5, 5.41) is 7.87. The summed E-state index contributed by atoms with van der Waals surface area (Å²) in [5.74, 6) is 0. The smallest absolute Gasteiger partial charge is 0.277 e. The molecule has 0 bridgehead atoms. The maximum Gasteiger partial charge on any atom is 0.472 e. The van der Waals surface area contributed by atoms with E-state index in [1.54, 1.807) is 6.20 Å². The van der Waals surface area contributed by atoms with Crippen LogP contribution in [0, 0.1) is 0 Å². The Kier molecular flexibility index (Phi) is 6.29. The van der Waals surface area contributed by atoms with Gasteiger partial charge in [-0.05, 0) is 22.2 Å². The average Bonchev–Trinajstić information content (AvgIpc) is 2.77. The lowest BCUT2D eigenvalue weighted by atomic mass is 10.4. The maximum absolute atomic E-state index is 9.73. The summed E-state index contributed by atoms with van der Waals surface area (Å²) in [6, 6.07) is 4.28. The van der Waals surface area contributed by atoms with E-state index in [0.29, 0.717) is 17.2 Å². The van der Waals surface area contributed by atoms with Gasteiger partial charge in [0.15, 0.2) is 0 Å². The van der Waals surface area contributed by atoms with Crippen LogP contribution < -0.4 is 4.84 Å². The van der Waals surface area contributed by atoms with E-state index in [1.807, 2.05) is 49.8 Å². The van der Waals surface area contributed by atoms with Gasteiger partial charge in [-0.25, -0.2) is 14.5 Å². The van der Waals surface area contributed by atoms with Crippen LogP contribution in [0.2, 0.25) is 0 Å². The largest absolute Gasteiger partial charge is 0.472 e. The van der Waals surface area contributed by atoms with Gasteiger partial charge in [0.1, 0.15) is 5.52 Å². The normalized spacial score (nSPS) is 10.1. The van der Waals surface area contributed by atoms with Gasteiger partial charge in [0.2, 0.25) is 5.65 Å². The molecule has 0 aliphatic carbocycles. The predicted octanol–water partition coefficient (Wildman–Crippen LogP) is 1.57. The Bertz CT molecular complexity index is 611. The molecule has 21 heavy (non-hydrogen) atoms. The van der Waals surface area contributed by atoms with E-state index in [1.165, 1.54) is 4.85 Å². The third-order valence-electron chi connectivity index (χ3n) is 2.11. The van der Waals surface area contributed by atoms with Crippen molar-refractivity contribution in [3.8, 4) is 0 Å². The molecule has 0 aromatic carbocycles. The van der Waals surface area contributed by atoms with Crippen LogP contribution in [0.3, 0.4) is 0 Å². The van der Waals surface area contributed by atoms with Gasteiger partial charge in [0.05, 0.1) is 28.2 Å². The minimum Gasteiger partial charge on any atom is -0.277 e. The predicted molar refractivity (Wildman–Crippen MR) is 72.9 cm³/mol. The van der Waals surface area contributed by atoms with Gasteiger partial charge in [-0.15, -0.1) is 5.10 Å². The van der Waals surface area contributed by atoms with Gasteiger partial charge >= 0.3 is 14.9 Å². The first kappa shape index (κ1) is 17.1. The monoisotopic (exact) mass is 323 g/mol. The van der Waals surface area contributed by atoms with E-state index in [0.717, 1.165) is 0 Å². The number of hydrogen-bond donors (Lipinski definition) is 0. The molecule has 0 spiro atoms. The molecule has 0 saturated heterocycles. The van der Waals surface area contributed by atoms with Crippen molar-refractivity contribution in [3.63, 3.8) is 0 Å². The number of hydrogen-bond acceptors (Lipinski definition) is 4. The zero-order valence-corrected chi connectivity index (χ0v) is 12.8. The van der Waals surface area contributed by atoms with Crippen LogP contribution in [0.25, 0.3) is 11.2 Å². The molecule has 0 fully saturated rings. The van der Waals surface area contributed by atoms with E-state index in [-0.39, 0.29) is 0 Å². The third kappa shape index (κ3) is 5.14. The minimum atomic E-state index is -4.12. The average molecular weight is 323 g/mol. The van der Waals surface area contributed by atoms with Crippen molar-refractivity contribution < 1.29 is 22.0 Å². The van der Waals surface area contributed by atoms with Crippen molar-refractivity contribution in [2.45, 2.75) is 0 Å². The number of nitrogens with zero attached hydrogens (tertiary/aromatic N) is 6. The second-order valence-electron chi connectivity index (χ2n) is 4.16. The Morgan fingerprint density at radius 1 is 1.33 bits per heavy atom. The summed E-state index contributed by atoms with van der Waals surface area (Å²) < 4.78 is 31.0. The van der Waals surface area contributed by atoms with Crippen LogP contribution in [-0.2, 0) is 0 Å². The van der Waals surface area contributed by atoms with Crippen molar-refractivity contribution >= 4 is 26.0 Å². The zero-order valence-electron chi connectivity index (χ0n) is 11.9. The topological polar surface area (TPSA) is 59.1 Å². The molecule has 2 rings (SSSR count). The molecule has 0 saturated carbocycles. The number of halogens is 3. The quantitative estimate of drug-likeness (QED) is 0.345. The molecule has 0 unspecified atom stereocenters. The van der Waals surface area contributed by atoms with E-state index < -0.39 is 8.85 Å². The molecule has 2 aromatic heterocycles. The first-order valence-corrected chi connectivity index (χ1v) is 6.68. The number of amidine groups is 1. The van der Waals surface area contributed by atoms with Gasteiger partial charge in [0.25, 0.3) is 0 Å². The Balaban J connectivity index is 0.000000491. The van der Waals surface area contributed by atoms with Gasteiger partial charge in [-0.2, -0.15) is 12.6 Å². The van der Waals surface area contributed by atoms with Crippen LogP contribution >= 0.6 is 8.85 Å². The zero-order chi connectivity index (χ0) is 16.0. The molecule has 0 aliphatic rings. The second-order valence-corrected chi connectivity index (χ2v) is 4.55. The van der Waals surface area contributed by atoms with Crippen LogP contribution in [-0.4, -0.2) is 63.8 Å². The highest BCUT2D eigenvalue weighted by molar-refractivity contribution is 7.40. The van der Waals surface area contributed by atoms with E-state index >= 15 is 0 Å². The van der Waals surface area contributed by atoms with Crippen molar-refractivity contribution in [1.82, 2.24) is 25.0 Å². The highest BCUT2D eigenvalue weighted by Gasteiger charge is 2.17. The van der Waals surface area contributed by atoms with Gasteiger partial charge < -0.3 is 0 Å². The standard InChI is InChI=1S/C10H15N6O.F3P/c1-14(2)10(15(3)4)17-16-9-8(12-13-16)6-5-7-11-9;1-4(2)3/h5-7H,1-4H3;/q+1;. The van der Waals surface area contributed by atoms with Gasteiger partial charge in [-0.1, -0.05) is 0 Å². The SMILES string of the molecule is CN(C)C(On1nnc2cccnc21)=[N+](C)C.FP(F)F. The number of aromatic nitrogens is 4. The summed E-state index contributed by atoms with van der Waals surface area (Å²) in [6.45, 7) is 0. The van der Waals surface area contributed by atoms with E-state index in [2.05, 4.69) is 15.3 Å². The minimum absolute atomic E-state index is 0.591. The molecular weight excluding hydrogens is 308 g/mol. The Morgan fingerprint density at radius 2 is 1.95 bits per heavy atom. The third-order valence-corrected chi connectivity index (χ3v) is 2.11. The van der Waals surface area contributed by atoms with Crippen LogP contribution in [0.1, 0.15) is 0 Å². The molecule has 7 nitrogen and oxygen atoms in total. The van der Waals surface area contributed by atoms with Crippen molar-refractivity contribution in [2.75, 3.05) is 28.2 Å². The van der Waals surface area contributed by atoms with Crippen molar-refractivity contribution in [3.05, 3.63) is 18.3 Å². The van der Waals surface area contributed by atoms with Gasteiger partial charge in [0, 0.05) is 6.20 Å². The summed E-state index contributed by atoms with van der Waals surface area (Å²) in [6.07, 6.45) is 1.68. The van der Waals surface area contributed by atoms with E-state index in [4.69, 9.17) is 4.84 Å². The molecule has 0 amide bonds. The molecular formula is C10H15F3N6OP+. The number of pyridine rings is 1. The molecule has 0 aliphatic heterocycles. The molecule has 11 heteroatoms. The highest BCUT2D eigenvalue weighted by Crippen LogP contribution is 2.39. The number of fused-ring (bicyclic) bond motifs is 1. The van der Waals surface area contributed by atoms with Crippen LogP contribution in [0.15, 0.2) is 18.3 Å². The summed E-state index contributed by atoms with van der Waals surface area (Å²) >= 11 is 0. The lowest BCUT2D eigenvalue weighted by Crippen LogP contribution is -2.39. The molecule has 0 radical (unpaired) electrons. The van der Waals surface area contributed by atoms with Crippen molar-refractivity contribution in [2.24, 2.45) is 0 Å². The summed E-state index contributed by atoms with van der Waals surface area (Å²) in [5.41, 5.74) is 1.29. The molecule has 116 valence electrons. The first-order valence-electron chi connectivity index (χ1n) is 5.66. The lowest BCUT2D eigenvalue weighted by molar-refractivity contribution is -0.480. The maximum atomic E-state index is 9.73. The summed E-state index contributed by atoms with van der Waals surface area (Å²) in [4.78, 5) is 13.0. The molecule has 0 atom stereocenters. The summed E-state index contributed by atoms with van der Waals surface area (Å²) in [7, 11) is 3.44. The van der Waals surface area contributed by atoms with Crippen LogP contribution in [0.5, 0.6) is 0 Å². The fraction of sp³-hybridized carbons (Fsp3) is 0.400. The highest BCUT2D eigenvalue weighted by atomic mass is 31.2. The van der Waals surface area contributed by atoms with Crippen molar-refractivity contribution in [1.29, 1.82) is 0 Å². The lowest BCUT2D eigenvalue weighted by Gasteiger charge is -2.09. The van der Waals surface area contributed by atoms with E-state index in [9.17, 15) is 12.6 Å². The Labute approximate surface area is 120 Å². The fourth-order valence-corrected chi connectivity index (χ4v) is 1.45. The fourth-order valence-electron chi connectivity index (χ4n) is 1.45. The Hall–Kier alpha value is -1.96. The first-order chi connectivity index (χ1) is 9.82.